The Bertz CT molecular complexity index is 1970. The van der Waals surface area contributed by atoms with Gasteiger partial charge in [-0.3, -0.25) is 19.4 Å². The predicted molar refractivity (Wildman–Crippen MR) is 307 cm³/mol. The summed E-state index contributed by atoms with van der Waals surface area (Å²) in [5.74, 6) is -9.06. The quantitative estimate of drug-likeness (QED) is 0.0295. The van der Waals surface area contributed by atoms with Crippen molar-refractivity contribution in [1.29, 1.82) is 0 Å². The van der Waals surface area contributed by atoms with Crippen molar-refractivity contribution in [2.24, 2.45) is 52.3 Å². The summed E-state index contributed by atoms with van der Waals surface area (Å²) in [7, 11) is 3.55. The molecule has 2 bridgehead atoms. The number of aliphatic hydroxyl groups excluding tert-OH is 10. The maximum atomic E-state index is 13.9. The van der Waals surface area contributed by atoms with Gasteiger partial charge in [0.1, 0.15) is 24.7 Å². The normalized spacial score (nSPS) is 37.4. The van der Waals surface area contributed by atoms with Crippen molar-refractivity contribution in [1.82, 2.24) is 10.6 Å². The summed E-state index contributed by atoms with van der Waals surface area (Å²) in [6, 6.07) is 0. The fraction of sp³-hybridized carbons (Fsp3) is 0.800. The number of hydrogen-bond donors (Lipinski definition) is 14. The molecule has 81 heavy (non-hydrogen) atoms. The van der Waals surface area contributed by atoms with Crippen LogP contribution in [0.15, 0.2) is 53.6 Å². The van der Waals surface area contributed by atoms with Crippen molar-refractivity contribution in [3.63, 3.8) is 0 Å². The molecule has 468 valence electrons. The smallest absolute Gasteiger partial charge is 0.317 e. The SMILES string of the molecule is CN=C(NC)NCCCC=CCCCC(C)CC(C)C1OC(=O)C(C)C(O)C=CC(C)C(O)CC(O)C(C)C(O)CCC(C)C(O)CC2(O)OC(CC(OC(=O)CC(=O)O)CC(O)CC(O)C(C)C(O)C=CC=CC1C)CC(O)C2O. The second-order valence-electron chi connectivity index (χ2n) is 23.6. The van der Waals surface area contributed by atoms with Gasteiger partial charge in [-0.05, 0) is 76.0 Å². The fourth-order valence-electron chi connectivity index (χ4n) is 10.5. The van der Waals surface area contributed by atoms with E-state index >= 15 is 0 Å². The van der Waals surface area contributed by atoms with Crippen LogP contribution in [0.25, 0.3) is 0 Å². The number of hydrogen-bond acceptors (Lipinski definition) is 18. The van der Waals surface area contributed by atoms with Gasteiger partial charge in [-0.1, -0.05) is 103 Å². The van der Waals surface area contributed by atoms with Crippen LogP contribution in [-0.4, -0.2) is 191 Å². The molecule has 0 radical (unpaired) electrons. The molecule has 2 aliphatic heterocycles. The molecule has 0 aromatic heterocycles. The molecule has 21 heteroatoms. The monoisotopic (exact) mass is 1160 g/mol. The molecule has 0 aromatic carbocycles. The van der Waals surface area contributed by atoms with Crippen LogP contribution in [-0.2, 0) is 28.6 Å². The molecule has 2 aliphatic rings. The lowest BCUT2D eigenvalue weighted by Gasteiger charge is -2.45. The minimum Gasteiger partial charge on any atom is -0.481 e. The number of cyclic esters (lactones) is 1. The Hall–Kier alpha value is -3.84. The molecule has 0 amide bonds. The standard InChI is InChI=1S/C60H105N3O18/c1-35(19-15-13-11-12-14-18-26-63-59(61-9)62-10)27-39(5)56-38(4)20-16-17-21-46(65)40(6)50(69)29-43(64)28-44(79-55(75)33-54(73)74)30-45-31-52(71)57(76)60(78,81-45)34-53(72)37(3)23-24-47(66)41(7)51(70)32-49(68)36(2)22-25-48(67)42(8)58(77)80-56/h11-12,16-17,20-22,25,35-53,56-57,64-72,76,78H,13-15,18-19,23-24,26-34H2,1-10H3,(H,73,74)(H2,61,62,63). The number of carbonyl (C=O) groups excluding carboxylic acids is 2. The summed E-state index contributed by atoms with van der Waals surface area (Å²) in [4.78, 5) is 42.0. The first kappa shape index (κ1) is 73.3. The number of nitrogens with zero attached hydrogens (tertiary/aromatic N) is 1. The van der Waals surface area contributed by atoms with E-state index in [0.29, 0.717) is 0 Å². The van der Waals surface area contributed by atoms with Gasteiger partial charge in [0.25, 0.3) is 0 Å². The molecule has 1 fully saturated rings. The number of allylic oxidation sites excluding steroid dienone is 4. The molecule has 22 unspecified atom stereocenters. The number of fused-ring (bicyclic) bond motifs is 2. The van der Waals surface area contributed by atoms with Crippen LogP contribution in [0.3, 0.4) is 0 Å². The van der Waals surface area contributed by atoms with E-state index in [1.807, 2.05) is 27.0 Å². The highest BCUT2D eigenvalue weighted by molar-refractivity contribution is 5.90. The number of esters is 2. The van der Waals surface area contributed by atoms with E-state index in [9.17, 15) is 75.7 Å². The molecule has 22 atom stereocenters. The maximum Gasteiger partial charge on any atom is 0.317 e. The topological polar surface area (TPSA) is 358 Å². The molecule has 0 aromatic rings. The van der Waals surface area contributed by atoms with Crippen molar-refractivity contribution in [2.45, 2.75) is 237 Å². The number of carbonyl (C=O) groups is 3. The third-order valence-electron chi connectivity index (χ3n) is 16.4. The van der Waals surface area contributed by atoms with Crippen LogP contribution in [0, 0.1) is 47.3 Å². The predicted octanol–water partition coefficient (Wildman–Crippen LogP) is 3.56. The summed E-state index contributed by atoms with van der Waals surface area (Å²) >= 11 is 0. The van der Waals surface area contributed by atoms with E-state index in [1.165, 1.54) is 12.2 Å². The summed E-state index contributed by atoms with van der Waals surface area (Å²) in [6.07, 6.45) is 0.0639. The summed E-state index contributed by atoms with van der Waals surface area (Å²) < 4.78 is 17.6. The molecule has 21 nitrogen and oxygen atoms in total. The molecule has 1 saturated heterocycles. The molecule has 2 heterocycles. The van der Waals surface area contributed by atoms with E-state index in [2.05, 4.69) is 34.7 Å². The maximum absolute atomic E-state index is 13.9. The zero-order chi connectivity index (χ0) is 61.1. The summed E-state index contributed by atoms with van der Waals surface area (Å²) in [6.45, 7) is 14.9. The van der Waals surface area contributed by atoms with Crippen molar-refractivity contribution >= 4 is 23.9 Å². The highest BCUT2D eigenvalue weighted by atomic mass is 16.7. The first-order valence-electron chi connectivity index (χ1n) is 29.4. The number of aliphatic carboxylic acids is 1. The number of aliphatic imine (C=N–C) groups is 1. The molecule has 0 aliphatic carbocycles. The lowest BCUT2D eigenvalue weighted by Crippen LogP contribution is -2.60. The van der Waals surface area contributed by atoms with Gasteiger partial charge < -0.3 is 86.1 Å². The van der Waals surface area contributed by atoms with Crippen LogP contribution in [0.5, 0.6) is 0 Å². The minimum atomic E-state index is -2.54. The van der Waals surface area contributed by atoms with Gasteiger partial charge in [0, 0.05) is 76.4 Å². The zero-order valence-electron chi connectivity index (χ0n) is 49.8. The number of unbranched alkanes of at least 4 members (excludes halogenated alkanes) is 2. The van der Waals surface area contributed by atoms with Gasteiger partial charge in [-0.15, -0.1) is 0 Å². The van der Waals surface area contributed by atoms with Crippen molar-refractivity contribution in [3.05, 3.63) is 48.6 Å². The van der Waals surface area contributed by atoms with Crippen molar-refractivity contribution in [3.8, 4) is 0 Å². The first-order valence-corrected chi connectivity index (χ1v) is 29.4. The Morgan fingerprint density at radius 3 is 2.04 bits per heavy atom. The van der Waals surface area contributed by atoms with Crippen LogP contribution in [0.2, 0.25) is 0 Å². The Balaban J connectivity index is 2.42. The first-order chi connectivity index (χ1) is 38.0. The fourth-order valence-corrected chi connectivity index (χ4v) is 10.5. The second kappa shape index (κ2) is 37.5. The highest BCUT2D eigenvalue weighted by Crippen LogP contribution is 2.36. The van der Waals surface area contributed by atoms with Gasteiger partial charge in [0.05, 0.1) is 67.0 Å². The summed E-state index contributed by atoms with van der Waals surface area (Å²) in [5, 5.41) is 138. The molecule has 2 rings (SSSR count). The Morgan fingerprint density at radius 2 is 1.40 bits per heavy atom. The van der Waals surface area contributed by atoms with Crippen LogP contribution >= 0.6 is 0 Å². The Morgan fingerprint density at radius 1 is 0.753 bits per heavy atom. The van der Waals surface area contributed by atoms with E-state index in [4.69, 9.17) is 14.2 Å². The summed E-state index contributed by atoms with van der Waals surface area (Å²) in [5.41, 5.74) is 0. The molecule has 14 N–H and O–H groups in total. The van der Waals surface area contributed by atoms with Crippen molar-refractivity contribution < 1.29 is 89.9 Å². The van der Waals surface area contributed by atoms with Crippen LogP contribution in [0.4, 0.5) is 0 Å². The number of carboxylic acid groups (broad SMARTS) is 1. The number of nitrogens with one attached hydrogen (secondary N) is 2. The van der Waals surface area contributed by atoms with Crippen molar-refractivity contribution in [2.75, 3.05) is 20.6 Å². The lowest BCUT2D eigenvalue weighted by atomic mass is 9.83. The molecule has 0 saturated carbocycles. The van der Waals surface area contributed by atoms with E-state index in [1.54, 1.807) is 59.9 Å². The zero-order valence-corrected chi connectivity index (χ0v) is 49.8. The lowest BCUT2D eigenvalue weighted by molar-refractivity contribution is -0.333. The number of carboxylic acids is 1. The number of guanidine groups is 1. The Kier molecular flexibility index (Phi) is 33.9. The van der Waals surface area contributed by atoms with Gasteiger partial charge >= 0.3 is 17.9 Å². The number of aliphatic hydroxyl groups is 11. The van der Waals surface area contributed by atoms with E-state index in [-0.39, 0.29) is 62.7 Å². The second-order valence-corrected chi connectivity index (χ2v) is 23.6. The van der Waals surface area contributed by atoms with E-state index < -0.39 is 145 Å². The molecule has 0 spiro atoms. The van der Waals surface area contributed by atoms with E-state index in [0.717, 1.165) is 51.0 Å². The average molecular weight is 1160 g/mol. The number of ether oxygens (including phenoxy) is 3. The largest absolute Gasteiger partial charge is 0.481 e. The highest BCUT2D eigenvalue weighted by Gasteiger charge is 2.50. The van der Waals surface area contributed by atoms with Gasteiger partial charge in [0.2, 0.25) is 0 Å². The van der Waals surface area contributed by atoms with Gasteiger partial charge in [0.15, 0.2) is 11.7 Å². The third kappa shape index (κ3) is 26.7. The third-order valence-corrected chi connectivity index (χ3v) is 16.4. The average Bonchev–Trinajstić information content (AvgIpc) is 3.41. The minimum absolute atomic E-state index is 0.0730. The van der Waals surface area contributed by atoms with Gasteiger partial charge in [-0.2, -0.15) is 0 Å². The van der Waals surface area contributed by atoms with Gasteiger partial charge in [-0.25, -0.2) is 0 Å². The molecular weight excluding hydrogens is 1050 g/mol. The van der Waals surface area contributed by atoms with Crippen LogP contribution in [0.1, 0.15) is 152 Å². The number of rotatable bonds is 14. The van der Waals surface area contributed by atoms with Crippen LogP contribution < -0.4 is 10.6 Å². The Labute approximate surface area is 481 Å². The molecular formula is C60H105N3O18.